The molecule has 2 aromatic carbocycles. The van der Waals surface area contributed by atoms with Gasteiger partial charge in [0, 0.05) is 23.2 Å². The molecular weight excluding hydrogens is 276 g/mol. The lowest BCUT2D eigenvalue weighted by atomic mass is 10.1. The van der Waals surface area contributed by atoms with Crippen molar-refractivity contribution in [3.8, 4) is 17.6 Å². The molecule has 0 fully saturated rings. The standard InChI is InChI=1S/C15H13ClN2O2/c1-20-15-6-10(8-17)2-4-13(15)18-9-11-7-12(16)3-5-14(11)19/h2-7,18-19H,9H2,1H3. The molecule has 0 aliphatic rings. The van der Waals surface area contributed by atoms with Gasteiger partial charge in [-0.1, -0.05) is 11.6 Å². The quantitative estimate of drug-likeness (QED) is 0.903. The minimum Gasteiger partial charge on any atom is -0.508 e. The van der Waals surface area contributed by atoms with Crippen molar-refractivity contribution in [2.45, 2.75) is 6.54 Å². The number of rotatable bonds is 4. The van der Waals surface area contributed by atoms with Crippen LogP contribution in [0.3, 0.4) is 0 Å². The van der Waals surface area contributed by atoms with E-state index >= 15 is 0 Å². The zero-order chi connectivity index (χ0) is 14.5. The van der Waals surface area contributed by atoms with Gasteiger partial charge in [0.05, 0.1) is 24.4 Å². The number of hydrogen-bond donors (Lipinski definition) is 2. The van der Waals surface area contributed by atoms with Crippen LogP contribution in [0.5, 0.6) is 11.5 Å². The monoisotopic (exact) mass is 288 g/mol. The Labute approximate surface area is 122 Å². The van der Waals surface area contributed by atoms with E-state index in [1.807, 2.05) is 0 Å². The number of nitriles is 1. The number of methoxy groups -OCH3 is 1. The van der Waals surface area contributed by atoms with E-state index in [1.54, 1.807) is 43.5 Å². The number of phenolic OH excluding ortho intramolecular Hbond substituents is 1. The molecule has 102 valence electrons. The molecule has 2 N–H and O–H groups in total. The third-order valence-corrected chi connectivity index (χ3v) is 3.08. The molecule has 0 atom stereocenters. The van der Waals surface area contributed by atoms with E-state index in [9.17, 15) is 5.11 Å². The van der Waals surface area contributed by atoms with Crippen molar-refractivity contribution in [1.82, 2.24) is 0 Å². The Bertz CT molecular complexity index is 665. The van der Waals surface area contributed by atoms with Gasteiger partial charge in [0.15, 0.2) is 0 Å². The smallest absolute Gasteiger partial charge is 0.143 e. The fourth-order valence-electron chi connectivity index (χ4n) is 1.79. The van der Waals surface area contributed by atoms with Gasteiger partial charge in [-0.25, -0.2) is 0 Å². The summed E-state index contributed by atoms with van der Waals surface area (Å²) in [6, 6.07) is 12.0. The Morgan fingerprint density at radius 2 is 2.10 bits per heavy atom. The number of ether oxygens (including phenoxy) is 1. The summed E-state index contributed by atoms with van der Waals surface area (Å²) < 4.78 is 5.23. The summed E-state index contributed by atoms with van der Waals surface area (Å²) >= 11 is 5.90. The highest BCUT2D eigenvalue weighted by molar-refractivity contribution is 6.30. The van der Waals surface area contributed by atoms with E-state index in [0.717, 1.165) is 5.69 Å². The zero-order valence-electron chi connectivity index (χ0n) is 10.9. The number of phenols is 1. The highest BCUT2D eigenvalue weighted by atomic mass is 35.5. The topological polar surface area (TPSA) is 65.3 Å². The maximum absolute atomic E-state index is 9.75. The van der Waals surface area contributed by atoms with Crippen LogP contribution in [0.15, 0.2) is 36.4 Å². The fraction of sp³-hybridized carbons (Fsp3) is 0.133. The molecule has 0 aliphatic heterocycles. The SMILES string of the molecule is COc1cc(C#N)ccc1NCc1cc(Cl)ccc1O. The Morgan fingerprint density at radius 3 is 2.80 bits per heavy atom. The van der Waals surface area contributed by atoms with Crippen LogP contribution < -0.4 is 10.1 Å². The van der Waals surface area contributed by atoms with Crippen molar-refractivity contribution in [2.75, 3.05) is 12.4 Å². The van der Waals surface area contributed by atoms with Crippen LogP contribution in [0.4, 0.5) is 5.69 Å². The number of anilines is 1. The number of nitrogens with one attached hydrogen (secondary N) is 1. The largest absolute Gasteiger partial charge is 0.508 e. The Kier molecular flexibility index (Phi) is 4.34. The Balaban J connectivity index is 2.19. The predicted molar refractivity (Wildman–Crippen MR) is 78.2 cm³/mol. The van der Waals surface area contributed by atoms with Crippen LogP contribution in [0, 0.1) is 11.3 Å². The summed E-state index contributed by atoms with van der Waals surface area (Å²) in [4.78, 5) is 0. The normalized spacial score (nSPS) is 9.85. The van der Waals surface area contributed by atoms with E-state index in [2.05, 4.69) is 11.4 Å². The average molecular weight is 289 g/mol. The first-order valence-electron chi connectivity index (χ1n) is 5.93. The zero-order valence-corrected chi connectivity index (χ0v) is 11.6. The van der Waals surface area contributed by atoms with Crippen LogP contribution in [0.2, 0.25) is 5.02 Å². The van der Waals surface area contributed by atoms with E-state index in [-0.39, 0.29) is 5.75 Å². The first-order valence-corrected chi connectivity index (χ1v) is 6.31. The molecule has 20 heavy (non-hydrogen) atoms. The van der Waals surface area contributed by atoms with Gasteiger partial charge in [0.1, 0.15) is 11.5 Å². The van der Waals surface area contributed by atoms with Crippen molar-refractivity contribution < 1.29 is 9.84 Å². The number of aromatic hydroxyl groups is 1. The van der Waals surface area contributed by atoms with Gasteiger partial charge in [0.25, 0.3) is 0 Å². The summed E-state index contributed by atoms with van der Waals surface area (Å²) in [6.07, 6.45) is 0. The number of hydrogen-bond acceptors (Lipinski definition) is 4. The fourth-order valence-corrected chi connectivity index (χ4v) is 1.99. The summed E-state index contributed by atoms with van der Waals surface area (Å²) in [6.45, 7) is 0.397. The van der Waals surface area contributed by atoms with Crippen LogP contribution >= 0.6 is 11.6 Å². The molecule has 0 amide bonds. The lowest BCUT2D eigenvalue weighted by molar-refractivity contribution is 0.416. The second kappa shape index (κ2) is 6.18. The first kappa shape index (κ1) is 14.0. The summed E-state index contributed by atoms with van der Waals surface area (Å²) in [5.74, 6) is 0.750. The van der Waals surface area contributed by atoms with Crippen LogP contribution in [0.1, 0.15) is 11.1 Å². The molecule has 4 nitrogen and oxygen atoms in total. The molecule has 2 rings (SSSR count). The van der Waals surface area contributed by atoms with Gasteiger partial charge in [-0.2, -0.15) is 5.26 Å². The van der Waals surface area contributed by atoms with Crippen LogP contribution in [0.25, 0.3) is 0 Å². The van der Waals surface area contributed by atoms with Gasteiger partial charge in [-0.3, -0.25) is 0 Å². The molecule has 0 aromatic heterocycles. The second-order valence-electron chi connectivity index (χ2n) is 4.15. The van der Waals surface area contributed by atoms with Gasteiger partial charge in [-0.15, -0.1) is 0 Å². The molecule has 0 unspecified atom stereocenters. The van der Waals surface area contributed by atoms with Crippen molar-refractivity contribution >= 4 is 17.3 Å². The summed E-state index contributed by atoms with van der Waals surface area (Å²) in [5.41, 5.74) is 1.95. The minimum absolute atomic E-state index is 0.175. The summed E-state index contributed by atoms with van der Waals surface area (Å²) in [7, 11) is 1.54. The molecule has 5 heteroatoms. The van der Waals surface area contributed by atoms with Crippen molar-refractivity contribution in [3.05, 3.63) is 52.5 Å². The number of nitrogens with zero attached hydrogens (tertiary/aromatic N) is 1. The molecular formula is C15H13ClN2O2. The summed E-state index contributed by atoms with van der Waals surface area (Å²) in [5, 5.41) is 22.3. The number of halogens is 1. The maximum atomic E-state index is 9.75. The highest BCUT2D eigenvalue weighted by Gasteiger charge is 2.06. The third kappa shape index (κ3) is 3.14. The Hall–Kier alpha value is -2.38. The molecule has 0 saturated heterocycles. The van der Waals surface area contributed by atoms with Gasteiger partial charge in [-0.05, 0) is 30.3 Å². The van der Waals surface area contributed by atoms with Gasteiger partial charge >= 0.3 is 0 Å². The minimum atomic E-state index is 0.175. The maximum Gasteiger partial charge on any atom is 0.143 e. The molecule has 0 radical (unpaired) electrons. The van der Waals surface area contributed by atoms with Crippen LogP contribution in [-0.2, 0) is 6.54 Å². The van der Waals surface area contributed by atoms with Crippen LogP contribution in [-0.4, -0.2) is 12.2 Å². The highest BCUT2D eigenvalue weighted by Crippen LogP contribution is 2.27. The van der Waals surface area contributed by atoms with E-state index in [1.165, 1.54) is 0 Å². The molecule has 0 heterocycles. The van der Waals surface area contributed by atoms with Gasteiger partial charge < -0.3 is 15.2 Å². The molecule has 0 spiro atoms. The third-order valence-electron chi connectivity index (χ3n) is 2.84. The van der Waals surface area contributed by atoms with Crippen molar-refractivity contribution in [3.63, 3.8) is 0 Å². The molecule has 0 saturated carbocycles. The van der Waals surface area contributed by atoms with E-state index in [0.29, 0.717) is 28.4 Å². The number of benzene rings is 2. The second-order valence-corrected chi connectivity index (χ2v) is 4.59. The first-order chi connectivity index (χ1) is 9.63. The molecule has 0 bridgehead atoms. The van der Waals surface area contributed by atoms with Gasteiger partial charge in [0.2, 0.25) is 0 Å². The van der Waals surface area contributed by atoms with Crippen molar-refractivity contribution in [2.24, 2.45) is 0 Å². The molecule has 0 aliphatic carbocycles. The predicted octanol–water partition coefficient (Wildman–Crippen LogP) is 3.54. The Morgan fingerprint density at radius 1 is 1.30 bits per heavy atom. The van der Waals surface area contributed by atoms with Crippen molar-refractivity contribution in [1.29, 1.82) is 5.26 Å². The van der Waals surface area contributed by atoms with E-state index < -0.39 is 0 Å². The lowest BCUT2D eigenvalue weighted by Gasteiger charge is -2.12. The van der Waals surface area contributed by atoms with E-state index in [4.69, 9.17) is 21.6 Å². The molecule has 2 aromatic rings. The lowest BCUT2D eigenvalue weighted by Crippen LogP contribution is -2.02. The average Bonchev–Trinajstić information content (AvgIpc) is 2.48.